The Morgan fingerprint density at radius 1 is 0.500 bits per heavy atom. The molecule has 0 aliphatic rings. The molecule has 1 aromatic rings. The highest BCUT2D eigenvalue weighted by Gasteiger charge is 2.34. The van der Waals surface area contributed by atoms with Gasteiger partial charge in [0.2, 0.25) is 0 Å². The van der Waals surface area contributed by atoms with E-state index in [1.54, 1.807) is 0 Å². The lowest BCUT2D eigenvalue weighted by molar-refractivity contribution is 0.229. The van der Waals surface area contributed by atoms with Crippen molar-refractivity contribution in [3.63, 3.8) is 0 Å². The molecule has 198 valence electrons. The van der Waals surface area contributed by atoms with Gasteiger partial charge in [-0.15, -0.1) is 0 Å². The van der Waals surface area contributed by atoms with E-state index in [9.17, 15) is 0 Å². The Labute approximate surface area is 225 Å². The Morgan fingerprint density at radius 3 is 1.12 bits per heavy atom. The summed E-state index contributed by atoms with van der Waals surface area (Å²) in [6, 6.07) is 7.59. The number of benzene rings is 1. The second-order valence-corrected chi connectivity index (χ2v) is 15.8. The van der Waals surface area contributed by atoms with Crippen LogP contribution in [-0.4, -0.2) is 11.5 Å². The van der Waals surface area contributed by atoms with Gasteiger partial charge in [0.25, 0.3) is 0 Å². The molecule has 1 aromatic carbocycles. The molecule has 0 aliphatic carbocycles. The molecular weight excluding hydrogens is 448 g/mol. The van der Waals surface area contributed by atoms with Crippen molar-refractivity contribution in [1.82, 2.24) is 0 Å². The van der Waals surface area contributed by atoms with E-state index in [1.807, 2.05) is 0 Å². The molecule has 34 heavy (non-hydrogen) atoms. The Kier molecular flexibility index (Phi) is 11.7. The summed E-state index contributed by atoms with van der Waals surface area (Å²) in [6.07, 6.45) is 9.93. The molecule has 0 heterocycles. The van der Waals surface area contributed by atoms with Gasteiger partial charge in [-0.3, -0.25) is 0 Å². The summed E-state index contributed by atoms with van der Waals surface area (Å²) in [5, 5.41) is 0. The van der Waals surface area contributed by atoms with E-state index < -0.39 is 0 Å². The van der Waals surface area contributed by atoms with E-state index in [0.29, 0.717) is 10.8 Å². The highest BCUT2D eigenvalue weighted by molar-refractivity contribution is 7.80. The molecule has 0 amide bonds. The molecule has 0 spiro atoms. The second kappa shape index (κ2) is 12.4. The van der Waals surface area contributed by atoms with Gasteiger partial charge in [0.05, 0.1) is 0 Å². The van der Waals surface area contributed by atoms with Crippen LogP contribution in [0.4, 0.5) is 0 Å². The van der Waals surface area contributed by atoms with Gasteiger partial charge in [0.1, 0.15) is 0 Å². The van der Waals surface area contributed by atoms with Crippen LogP contribution in [0, 0.1) is 10.8 Å². The standard InChI is InChI=1S/C32H58S2/c1-28(2,3)25-20-26(31(8,9)23-29(4,5)16-12-14-18-33)22-27(21-25)32(10,11)24-30(6,7)17-13-15-19-34/h20-22,33-34H,12-19,23-24H2,1-11H3. The van der Waals surface area contributed by atoms with Crippen LogP contribution in [0.3, 0.4) is 0 Å². The smallest absolute Gasteiger partial charge is 0.00979 e. The summed E-state index contributed by atoms with van der Waals surface area (Å²) >= 11 is 8.84. The Hall–Kier alpha value is -0.0800. The zero-order chi connectivity index (χ0) is 26.4. The van der Waals surface area contributed by atoms with E-state index in [0.717, 1.165) is 11.5 Å². The summed E-state index contributed by atoms with van der Waals surface area (Å²) in [6.45, 7) is 26.8. The first kappa shape index (κ1) is 31.9. The Balaban J connectivity index is 3.35. The zero-order valence-electron chi connectivity index (χ0n) is 24.7. The third kappa shape index (κ3) is 10.5. The van der Waals surface area contributed by atoms with Gasteiger partial charge < -0.3 is 0 Å². The molecule has 0 bridgehead atoms. The fourth-order valence-corrected chi connectivity index (χ4v) is 6.49. The van der Waals surface area contributed by atoms with Crippen LogP contribution in [0.5, 0.6) is 0 Å². The fraction of sp³-hybridized carbons (Fsp3) is 0.812. The van der Waals surface area contributed by atoms with Gasteiger partial charge in [0, 0.05) is 0 Å². The van der Waals surface area contributed by atoms with Crippen LogP contribution in [0.25, 0.3) is 0 Å². The van der Waals surface area contributed by atoms with Gasteiger partial charge in [0.15, 0.2) is 0 Å². The molecule has 0 saturated heterocycles. The monoisotopic (exact) mass is 506 g/mol. The van der Waals surface area contributed by atoms with E-state index >= 15 is 0 Å². The molecule has 0 aromatic heterocycles. The normalized spacial score (nSPS) is 14.0. The van der Waals surface area contributed by atoms with Crippen molar-refractivity contribution >= 4 is 25.3 Å². The average Bonchev–Trinajstić information content (AvgIpc) is 2.65. The number of hydrogen-bond donors (Lipinski definition) is 2. The first-order valence-electron chi connectivity index (χ1n) is 13.7. The van der Waals surface area contributed by atoms with Crippen LogP contribution in [0.1, 0.15) is 144 Å². The van der Waals surface area contributed by atoms with Crippen LogP contribution in [0.15, 0.2) is 18.2 Å². The summed E-state index contributed by atoms with van der Waals surface area (Å²) in [7, 11) is 0. The van der Waals surface area contributed by atoms with Gasteiger partial charge in [-0.2, -0.15) is 25.3 Å². The van der Waals surface area contributed by atoms with Crippen LogP contribution < -0.4 is 0 Å². The van der Waals surface area contributed by atoms with E-state index in [-0.39, 0.29) is 16.2 Å². The summed E-state index contributed by atoms with van der Waals surface area (Å²) < 4.78 is 0. The number of hydrogen-bond acceptors (Lipinski definition) is 2. The second-order valence-electron chi connectivity index (χ2n) is 14.9. The molecule has 2 heteroatoms. The van der Waals surface area contributed by atoms with Crippen molar-refractivity contribution in [3.8, 4) is 0 Å². The zero-order valence-corrected chi connectivity index (χ0v) is 26.5. The number of unbranched alkanes of at least 4 members (excludes halogenated alkanes) is 2. The van der Waals surface area contributed by atoms with E-state index in [1.165, 1.54) is 68.1 Å². The average molecular weight is 507 g/mol. The topological polar surface area (TPSA) is 0 Å². The van der Waals surface area contributed by atoms with Crippen LogP contribution in [0.2, 0.25) is 0 Å². The first-order valence-corrected chi connectivity index (χ1v) is 15.0. The van der Waals surface area contributed by atoms with Gasteiger partial charge >= 0.3 is 0 Å². The minimum atomic E-state index is 0.138. The third-order valence-corrected chi connectivity index (χ3v) is 8.36. The van der Waals surface area contributed by atoms with Crippen molar-refractivity contribution in [1.29, 1.82) is 0 Å². The molecule has 0 nitrogen and oxygen atoms in total. The van der Waals surface area contributed by atoms with Gasteiger partial charge in [-0.05, 0) is 93.8 Å². The lowest BCUT2D eigenvalue weighted by Crippen LogP contribution is -2.30. The molecule has 0 N–H and O–H groups in total. The molecule has 1 rings (SSSR count). The first-order chi connectivity index (χ1) is 15.4. The van der Waals surface area contributed by atoms with E-state index in [2.05, 4.69) is 120 Å². The minimum Gasteiger partial charge on any atom is -0.179 e. The molecule has 0 fully saturated rings. The van der Waals surface area contributed by atoms with Crippen molar-refractivity contribution in [2.45, 2.75) is 144 Å². The maximum atomic E-state index is 4.42. The van der Waals surface area contributed by atoms with Crippen molar-refractivity contribution in [2.24, 2.45) is 10.8 Å². The van der Waals surface area contributed by atoms with Crippen LogP contribution >= 0.6 is 25.3 Å². The highest BCUT2D eigenvalue weighted by Crippen LogP contribution is 2.44. The quantitative estimate of drug-likeness (QED) is 0.182. The number of thiol groups is 2. The lowest BCUT2D eigenvalue weighted by atomic mass is 9.65. The Morgan fingerprint density at radius 2 is 0.824 bits per heavy atom. The SMILES string of the molecule is CC(C)(CCCCS)CC(C)(C)c1cc(C(C)(C)C)cc(C(C)(C)CC(C)(C)CCCCS)c1. The largest absolute Gasteiger partial charge is 0.179 e. The molecule has 0 atom stereocenters. The summed E-state index contributed by atoms with van der Waals surface area (Å²) in [5.74, 6) is 1.99. The lowest BCUT2D eigenvalue weighted by Gasteiger charge is -2.39. The van der Waals surface area contributed by atoms with Gasteiger partial charge in [-0.25, -0.2) is 0 Å². The van der Waals surface area contributed by atoms with Crippen molar-refractivity contribution in [3.05, 3.63) is 34.9 Å². The molecule has 0 unspecified atom stereocenters. The number of rotatable bonds is 14. The summed E-state index contributed by atoms with van der Waals surface area (Å²) in [4.78, 5) is 0. The molecule has 0 saturated carbocycles. The maximum Gasteiger partial charge on any atom is -0.00979 e. The molecule has 0 aliphatic heterocycles. The minimum absolute atomic E-state index is 0.138. The fourth-order valence-electron chi connectivity index (χ4n) is 6.05. The Bertz CT molecular complexity index is 693. The van der Waals surface area contributed by atoms with E-state index in [4.69, 9.17) is 0 Å². The maximum absolute atomic E-state index is 4.42. The van der Waals surface area contributed by atoms with Crippen LogP contribution in [-0.2, 0) is 16.2 Å². The van der Waals surface area contributed by atoms with Crippen molar-refractivity contribution < 1.29 is 0 Å². The van der Waals surface area contributed by atoms with Crippen molar-refractivity contribution in [2.75, 3.05) is 11.5 Å². The third-order valence-electron chi connectivity index (χ3n) is 7.73. The molecule has 0 radical (unpaired) electrons. The summed E-state index contributed by atoms with van der Waals surface area (Å²) in [5.41, 5.74) is 5.57. The van der Waals surface area contributed by atoms with Gasteiger partial charge in [-0.1, -0.05) is 107 Å². The predicted molar refractivity (Wildman–Crippen MR) is 163 cm³/mol. The predicted octanol–water partition coefficient (Wildman–Crippen LogP) is 10.6. The highest BCUT2D eigenvalue weighted by atomic mass is 32.1. The molecular formula is C32H58S2.